The molecule has 0 fully saturated rings. The van der Waals surface area contributed by atoms with E-state index >= 15 is 0 Å². The highest BCUT2D eigenvalue weighted by Gasteiger charge is 2.08. The number of anilines is 2. The van der Waals surface area contributed by atoms with Crippen molar-refractivity contribution in [2.24, 2.45) is 4.99 Å². The number of aryl methyl sites for hydroxylation is 1. The minimum atomic E-state index is -0.324. The summed E-state index contributed by atoms with van der Waals surface area (Å²) >= 11 is 0. The molecule has 0 aliphatic carbocycles. The Morgan fingerprint density at radius 2 is 0.800 bits per heavy atom. The fraction of sp³-hybridized carbons (Fsp3) is 0.0513. The summed E-state index contributed by atoms with van der Waals surface area (Å²) < 4.78 is 17.9. The molecule has 222 valence electrons. The molecule has 6 aromatic carbocycles. The Kier molecular flexibility index (Phi) is 9.33. The lowest BCUT2D eigenvalue weighted by Crippen LogP contribution is -2.30. The average molecular weight is 592 g/mol. The van der Waals surface area contributed by atoms with E-state index in [4.69, 9.17) is 19.2 Å². The van der Waals surface area contributed by atoms with Crippen LogP contribution in [-0.2, 0) is 0 Å². The molecule has 0 bridgehead atoms. The molecule has 1 atom stereocenters. The Bertz CT molecular complexity index is 1790. The second-order valence-electron chi connectivity index (χ2n) is 10.3. The number of para-hydroxylation sites is 2. The van der Waals surface area contributed by atoms with Gasteiger partial charge in [-0.05, 0) is 116 Å². The fourth-order valence-electron chi connectivity index (χ4n) is 4.46. The molecule has 0 aliphatic rings. The van der Waals surface area contributed by atoms with E-state index in [1.807, 2.05) is 164 Å². The van der Waals surface area contributed by atoms with Crippen molar-refractivity contribution >= 4 is 23.3 Å². The highest BCUT2D eigenvalue weighted by atomic mass is 16.5. The van der Waals surface area contributed by atoms with Crippen molar-refractivity contribution in [3.05, 3.63) is 163 Å². The average Bonchev–Trinajstić information content (AvgIpc) is 3.08. The number of hydrogen-bond donors (Lipinski definition) is 2. The normalized spacial score (nSPS) is 11.5. The summed E-state index contributed by atoms with van der Waals surface area (Å²) in [6.07, 6.45) is 1.52. The van der Waals surface area contributed by atoms with Gasteiger partial charge in [0.1, 0.15) is 40.7 Å². The summed E-state index contributed by atoms with van der Waals surface area (Å²) in [4.78, 5) is 4.75. The second kappa shape index (κ2) is 14.4. The first kappa shape index (κ1) is 29.1. The lowest BCUT2D eigenvalue weighted by molar-refractivity contribution is 0.482. The maximum absolute atomic E-state index is 6.00. The van der Waals surface area contributed by atoms with E-state index in [1.165, 1.54) is 5.56 Å². The summed E-state index contributed by atoms with van der Waals surface area (Å²) in [5.74, 6) is 4.64. The third kappa shape index (κ3) is 8.75. The van der Waals surface area contributed by atoms with Crippen molar-refractivity contribution in [3.63, 3.8) is 0 Å². The minimum Gasteiger partial charge on any atom is -0.457 e. The number of aliphatic imine (C=N–C) groups is 1. The molecular weight excluding hydrogens is 558 g/mol. The molecule has 45 heavy (non-hydrogen) atoms. The van der Waals surface area contributed by atoms with Crippen molar-refractivity contribution in [3.8, 4) is 34.5 Å². The zero-order chi connectivity index (χ0) is 30.7. The monoisotopic (exact) mass is 591 g/mol. The van der Waals surface area contributed by atoms with Crippen LogP contribution in [0, 0.1) is 6.92 Å². The van der Waals surface area contributed by atoms with Crippen LogP contribution in [0.2, 0.25) is 0 Å². The molecule has 0 aromatic heterocycles. The van der Waals surface area contributed by atoms with E-state index in [9.17, 15) is 0 Å². The van der Waals surface area contributed by atoms with E-state index in [2.05, 4.69) is 17.6 Å². The number of rotatable bonds is 12. The molecular formula is C39H33N3O3. The summed E-state index contributed by atoms with van der Waals surface area (Å²) in [7, 11) is 0. The Labute approximate surface area is 263 Å². The van der Waals surface area contributed by atoms with Crippen LogP contribution in [0.1, 0.15) is 5.56 Å². The number of hydrogen-bond acceptors (Lipinski definition) is 6. The Morgan fingerprint density at radius 3 is 1.22 bits per heavy atom. The number of ether oxygens (including phenoxy) is 3. The predicted molar refractivity (Wildman–Crippen MR) is 183 cm³/mol. The number of nitrogens with one attached hydrogen (secondary N) is 2. The molecule has 0 amide bonds. The van der Waals surface area contributed by atoms with Gasteiger partial charge in [-0.15, -0.1) is 0 Å². The summed E-state index contributed by atoms with van der Waals surface area (Å²) in [6, 6.07) is 50.8. The second-order valence-corrected chi connectivity index (χ2v) is 10.3. The SMILES string of the molecule is Cc1ccc(Oc2ccc(NC(/C=N\c3ccc(Oc4ccccc4)cc3)Nc3ccc(Oc4ccccc4)cc3)cc2)cc1. The Hall–Kier alpha value is -6.01. The zero-order valence-electron chi connectivity index (χ0n) is 24.8. The standard InChI is InChI=1S/C39H33N3O3/c1-29-12-20-35(21-13-29)45-38-26-18-32(19-27-38)42-39(41-31-16-24-37(25-17-31)44-34-10-6-3-7-11-34)28-40-30-14-22-36(23-15-30)43-33-8-4-2-5-9-33/h2-28,39,41-42H,1H3/b40-28-. The van der Waals surface area contributed by atoms with Gasteiger partial charge < -0.3 is 24.8 Å². The van der Waals surface area contributed by atoms with Crippen LogP contribution < -0.4 is 24.8 Å². The van der Waals surface area contributed by atoms with Gasteiger partial charge in [0.05, 0.1) is 5.69 Å². The molecule has 0 heterocycles. The van der Waals surface area contributed by atoms with Gasteiger partial charge in [0.2, 0.25) is 0 Å². The quantitative estimate of drug-likeness (QED) is 0.109. The van der Waals surface area contributed by atoms with Crippen LogP contribution in [0.25, 0.3) is 0 Å². The van der Waals surface area contributed by atoms with E-state index < -0.39 is 0 Å². The van der Waals surface area contributed by atoms with Crippen molar-refractivity contribution in [2.75, 3.05) is 10.6 Å². The van der Waals surface area contributed by atoms with Crippen molar-refractivity contribution in [2.45, 2.75) is 13.1 Å². The zero-order valence-corrected chi connectivity index (χ0v) is 24.8. The molecule has 1 unspecified atom stereocenters. The van der Waals surface area contributed by atoms with Crippen LogP contribution in [0.15, 0.2) is 163 Å². The van der Waals surface area contributed by atoms with Crippen LogP contribution in [0.4, 0.5) is 17.1 Å². The molecule has 6 heteroatoms. The largest absolute Gasteiger partial charge is 0.457 e. The minimum absolute atomic E-state index is 0.324. The van der Waals surface area contributed by atoms with E-state index in [1.54, 1.807) is 0 Å². The Morgan fingerprint density at radius 1 is 0.444 bits per heavy atom. The van der Waals surface area contributed by atoms with Gasteiger partial charge in [-0.1, -0.05) is 54.1 Å². The number of benzene rings is 6. The van der Waals surface area contributed by atoms with Gasteiger partial charge in [0, 0.05) is 17.6 Å². The van der Waals surface area contributed by atoms with E-state index in [-0.39, 0.29) is 6.17 Å². The molecule has 2 N–H and O–H groups in total. The summed E-state index contributed by atoms with van der Waals surface area (Å²) in [5.41, 5.74) is 3.81. The third-order valence-electron chi connectivity index (χ3n) is 6.78. The molecule has 0 saturated heterocycles. The van der Waals surface area contributed by atoms with Crippen molar-refractivity contribution in [1.29, 1.82) is 0 Å². The first-order chi connectivity index (χ1) is 22.1. The smallest absolute Gasteiger partial charge is 0.133 e. The fourth-order valence-corrected chi connectivity index (χ4v) is 4.46. The van der Waals surface area contributed by atoms with Gasteiger partial charge in [-0.2, -0.15) is 0 Å². The van der Waals surface area contributed by atoms with Gasteiger partial charge >= 0.3 is 0 Å². The maximum atomic E-state index is 6.00. The van der Waals surface area contributed by atoms with Crippen LogP contribution in [0.5, 0.6) is 34.5 Å². The lowest BCUT2D eigenvalue weighted by Gasteiger charge is -2.19. The van der Waals surface area contributed by atoms with Gasteiger partial charge in [0.25, 0.3) is 0 Å². The molecule has 6 nitrogen and oxygen atoms in total. The van der Waals surface area contributed by atoms with Gasteiger partial charge in [-0.25, -0.2) is 0 Å². The molecule has 0 radical (unpaired) electrons. The first-order valence-electron chi connectivity index (χ1n) is 14.7. The maximum Gasteiger partial charge on any atom is 0.133 e. The van der Waals surface area contributed by atoms with Gasteiger partial charge in [-0.3, -0.25) is 4.99 Å². The van der Waals surface area contributed by atoms with Crippen LogP contribution in [0.3, 0.4) is 0 Å². The third-order valence-corrected chi connectivity index (χ3v) is 6.78. The molecule has 0 spiro atoms. The molecule has 6 aromatic rings. The highest BCUT2D eigenvalue weighted by molar-refractivity contribution is 5.76. The topological polar surface area (TPSA) is 64.1 Å². The number of nitrogens with zero attached hydrogens (tertiary/aromatic N) is 1. The molecule has 0 saturated carbocycles. The Balaban J connectivity index is 1.15. The summed E-state index contributed by atoms with van der Waals surface area (Å²) in [5, 5.41) is 7.04. The van der Waals surface area contributed by atoms with Crippen LogP contribution >= 0.6 is 0 Å². The molecule has 0 aliphatic heterocycles. The summed E-state index contributed by atoms with van der Waals surface area (Å²) in [6.45, 7) is 2.06. The van der Waals surface area contributed by atoms with E-state index in [0.717, 1.165) is 51.6 Å². The highest BCUT2D eigenvalue weighted by Crippen LogP contribution is 2.26. The predicted octanol–water partition coefficient (Wildman–Crippen LogP) is 10.6. The van der Waals surface area contributed by atoms with E-state index in [0.29, 0.717) is 0 Å². The molecule has 6 rings (SSSR count). The van der Waals surface area contributed by atoms with Crippen molar-refractivity contribution in [1.82, 2.24) is 0 Å². The van der Waals surface area contributed by atoms with Crippen LogP contribution in [-0.4, -0.2) is 12.4 Å². The lowest BCUT2D eigenvalue weighted by atomic mass is 10.2. The van der Waals surface area contributed by atoms with Gasteiger partial charge in [0.15, 0.2) is 0 Å². The first-order valence-corrected chi connectivity index (χ1v) is 14.7. The van der Waals surface area contributed by atoms with Crippen molar-refractivity contribution < 1.29 is 14.2 Å².